The molecule has 178 valence electrons. The fourth-order valence-electron chi connectivity index (χ4n) is 5.31. The van der Waals surface area contributed by atoms with Gasteiger partial charge in [0.05, 0.1) is 18.8 Å². The average molecular weight is 444 g/mol. The van der Waals surface area contributed by atoms with Crippen LogP contribution in [-0.2, 0) is 20.9 Å². The van der Waals surface area contributed by atoms with Gasteiger partial charge in [0, 0.05) is 19.1 Å². The van der Waals surface area contributed by atoms with Crippen LogP contribution in [0.4, 0.5) is 0 Å². The van der Waals surface area contributed by atoms with Crippen molar-refractivity contribution in [1.82, 2.24) is 5.06 Å². The van der Waals surface area contributed by atoms with Crippen LogP contribution in [0.2, 0.25) is 0 Å². The Bertz CT molecular complexity index is 730. The van der Waals surface area contributed by atoms with Crippen molar-refractivity contribution in [2.75, 3.05) is 13.7 Å². The van der Waals surface area contributed by atoms with Gasteiger partial charge in [-0.15, -0.1) is 0 Å². The number of amides is 1. The Morgan fingerprint density at radius 3 is 2.59 bits per heavy atom. The van der Waals surface area contributed by atoms with Crippen molar-refractivity contribution >= 4 is 5.91 Å². The van der Waals surface area contributed by atoms with E-state index in [0.717, 1.165) is 32.3 Å². The number of benzene rings is 1. The van der Waals surface area contributed by atoms with Gasteiger partial charge in [-0.05, 0) is 62.3 Å². The van der Waals surface area contributed by atoms with E-state index in [4.69, 9.17) is 9.47 Å². The van der Waals surface area contributed by atoms with E-state index in [1.165, 1.54) is 38.3 Å². The van der Waals surface area contributed by atoms with E-state index < -0.39 is 5.41 Å². The normalized spacial score (nSPS) is 25.0. The van der Waals surface area contributed by atoms with Gasteiger partial charge in [-0.2, -0.15) is 0 Å². The number of allylic oxidation sites excluding steroid dienone is 2. The van der Waals surface area contributed by atoms with E-state index in [2.05, 4.69) is 36.4 Å². The molecule has 5 nitrogen and oxygen atoms in total. The highest BCUT2D eigenvalue weighted by Crippen LogP contribution is 2.47. The third kappa shape index (κ3) is 6.90. The second-order valence-corrected chi connectivity index (χ2v) is 10.1. The minimum atomic E-state index is -0.547. The highest BCUT2D eigenvalue weighted by Gasteiger charge is 2.47. The average Bonchev–Trinajstić information content (AvgIpc) is 3.38. The van der Waals surface area contributed by atoms with Gasteiger partial charge in [-0.3, -0.25) is 10.0 Å². The first-order chi connectivity index (χ1) is 15.4. The molecule has 1 aromatic rings. The topological polar surface area (TPSA) is 59.0 Å². The predicted octanol–water partition coefficient (Wildman–Crippen LogP) is 5.77. The van der Waals surface area contributed by atoms with Gasteiger partial charge in [0.2, 0.25) is 0 Å². The number of nitrogens with zero attached hydrogens (tertiary/aromatic N) is 1. The molecule has 0 radical (unpaired) electrons. The summed E-state index contributed by atoms with van der Waals surface area (Å²) in [6.45, 7) is 5.29. The Balaban J connectivity index is 1.35. The molecular formula is C27H41NO4. The van der Waals surface area contributed by atoms with Crippen molar-refractivity contribution in [1.29, 1.82) is 0 Å². The zero-order valence-corrected chi connectivity index (χ0v) is 20.0. The molecular weight excluding hydrogens is 402 g/mol. The van der Waals surface area contributed by atoms with E-state index >= 15 is 0 Å². The van der Waals surface area contributed by atoms with Crippen molar-refractivity contribution in [2.45, 2.75) is 84.0 Å². The molecule has 4 atom stereocenters. The lowest BCUT2D eigenvalue weighted by atomic mass is 9.75. The third-order valence-electron chi connectivity index (χ3n) is 7.16. The first-order valence-corrected chi connectivity index (χ1v) is 12.3. The predicted molar refractivity (Wildman–Crippen MR) is 126 cm³/mol. The van der Waals surface area contributed by atoms with Crippen LogP contribution in [-0.4, -0.2) is 42.0 Å². The van der Waals surface area contributed by atoms with Crippen LogP contribution in [0.3, 0.4) is 0 Å². The first kappa shape index (κ1) is 24.9. The van der Waals surface area contributed by atoms with E-state index in [0.29, 0.717) is 35.7 Å². The summed E-state index contributed by atoms with van der Waals surface area (Å²) in [5, 5.41) is 10.1. The number of rotatable bonds is 13. The maximum Gasteiger partial charge on any atom is 0.251 e. The summed E-state index contributed by atoms with van der Waals surface area (Å²) < 4.78 is 12.1. The van der Waals surface area contributed by atoms with Gasteiger partial charge in [-0.1, -0.05) is 62.8 Å². The van der Waals surface area contributed by atoms with Crippen molar-refractivity contribution < 1.29 is 19.5 Å². The Kier molecular flexibility index (Phi) is 9.33. The van der Waals surface area contributed by atoms with Crippen molar-refractivity contribution in [3.63, 3.8) is 0 Å². The summed E-state index contributed by atoms with van der Waals surface area (Å²) in [5.41, 5.74) is 0.686. The van der Waals surface area contributed by atoms with Gasteiger partial charge < -0.3 is 9.47 Å². The molecule has 1 amide bonds. The number of ether oxygens (including phenoxy) is 2. The molecule has 2 aliphatic rings. The van der Waals surface area contributed by atoms with E-state index in [1.807, 2.05) is 19.9 Å². The monoisotopic (exact) mass is 443 g/mol. The zero-order valence-electron chi connectivity index (χ0n) is 20.0. The smallest absolute Gasteiger partial charge is 0.251 e. The first-order valence-electron chi connectivity index (χ1n) is 12.3. The number of fused-ring (bicyclic) bond motifs is 2. The van der Waals surface area contributed by atoms with Crippen LogP contribution in [0.1, 0.15) is 70.8 Å². The molecule has 0 aliphatic carbocycles. The van der Waals surface area contributed by atoms with Gasteiger partial charge >= 0.3 is 0 Å². The van der Waals surface area contributed by atoms with Crippen LogP contribution in [0.15, 0.2) is 42.5 Å². The summed E-state index contributed by atoms with van der Waals surface area (Å²) >= 11 is 0. The summed E-state index contributed by atoms with van der Waals surface area (Å²) in [7, 11) is 1.39. The van der Waals surface area contributed by atoms with Crippen molar-refractivity contribution in [2.24, 2.45) is 17.3 Å². The van der Waals surface area contributed by atoms with E-state index in [-0.39, 0.29) is 5.91 Å². The zero-order chi connectivity index (χ0) is 23.0. The lowest BCUT2D eigenvalue weighted by Gasteiger charge is -2.27. The molecule has 0 unspecified atom stereocenters. The van der Waals surface area contributed by atoms with Crippen LogP contribution in [0, 0.1) is 17.3 Å². The highest BCUT2D eigenvalue weighted by molar-refractivity contribution is 5.80. The fourth-order valence-corrected chi connectivity index (χ4v) is 5.31. The number of unbranched alkanes of at least 4 members (excludes halogenated alkanes) is 1. The van der Waals surface area contributed by atoms with E-state index in [9.17, 15) is 10.0 Å². The van der Waals surface area contributed by atoms with Gasteiger partial charge in [0.1, 0.15) is 0 Å². The number of hydroxylamine groups is 2. The summed E-state index contributed by atoms with van der Waals surface area (Å²) in [5.74, 6) is 1.04. The molecule has 3 rings (SSSR count). The summed E-state index contributed by atoms with van der Waals surface area (Å²) in [6.07, 6.45) is 13.9. The van der Waals surface area contributed by atoms with Crippen molar-refractivity contribution in [3.8, 4) is 0 Å². The third-order valence-corrected chi connectivity index (χ3v) is 7.16. The fraction of sp³-hybridized carbons (Fsp3) is 0.667. The molecule has 5 heteroatoms. The molecule has 2 saturated heterocycles. The Morgan fingerprint density at radius 2 is 1.88 bits per heavy atom. The van der Waals surface area contributed by atoms with Gasteiger partial charge in [0.15, 0.2) is 0 Å². The molecule has 0 saturated carbocycles. The minimum Gasteiger partial charge on any atom is -0.377 e. The van der Waals surface area contributed by atoms with Crippen LogP contribution >= 0.6 is 0 Å². The number of carbonyl (C=O) groups is 1. The lowest BCUT2D eigenvalue weighted by Crippen LogP contribution is -2.36. The minimum absolute atomic E-state index is 0.236. The highest BCUT2D eigenvalue weighted by atomic mass is 16.5. The SMILES string of the molecule is CN(O)C(=O)C(C)(C)CC/C=C\C[C@H]1[C@@H](CCCCOCc2ccccc2)[C@H]2CC[C@@H]1O2. The van der Waals surface area contributed by atoms with Crippen LogP contribution in [0.5, 0.6) is 0 Å². The molecule has 0 spiro atoms. The molecule has 1 aromatic carbocycles. The van der Waals surface area contributed by atoms with E-state index in [1.54, 1.807) is 0 Å². The summed E-state index contributed by atoms with van der Waals surface area (Å²) in [4.78, 5) is 12.0. The Labute approximate surface area is 193 Å². The quantitative estimate of drug-likeness (QED) is 0.182. The molecule has 2 bridgehead atoms. The number of hydrogen-bond donors (Lipinski definition) is 1. The molecule has 32 heavy (non-hydrogen) atoms. The molecule has 2 aliphatic heterocycles. The van der Waals surface area contributed by atoms with Gasteiger partial charge in [-0.25, -0.2) is 5.06 Å². The van der Waals surface area contributed by atoms with Gasteiger partial charge in [0.25, 0.3) is 5.91 Å². The molecule has 2 heterocycles. The standard InChI is InChI=1S/C27H41NO4/c1-27(2,26(29)28(3)30)18-10-5-8-14-22-23(25-17-16-24(22)32-25)15-9-11-19-31-20-21-12-6-4-7-13-21/h4-8,12-13,22-25,30H,9-11,14-20H2,1-3H3/b8-5-/t22-,23+,24-,25+/m0/s1. The Hall–Kier alpha value is -1.69. The lowest BCUT2D eigenvalue weighted by molar-refractivity contribution is -0.169. The molecule has 1 N–H and O–H groups in total. The number of carbonyl (C=O) groups excluding carboxylic acids is 1. The maximum absolute atomic E-state index is 12.0. The van der Waals surface area contributed by atoms with Crippen molar-refractivity contribution in [3.05, 3.63) is 48.0 Å². The van der Waals surface area contributed by atoms with Crippen LogP contribution < -0.4 is 0 Å². The Morgan fingerprint density at radius 1 is 1.16 bits per heavy atom. The largest absolute Gasteiger partial charge is 0.377 e. The summed E-state index contributed by atoms with van der Waals surface area (Å²) in [6, 6.07) is 10.3. The molecule has 0 aromatic heterocycles. The number of hydrogen-bond acceptors (Lipinski definition) is 4. The maximum atomic E-state index is 12.0. The van der Waals surface area contributed by atoms with Crippen LogP contribution in [0.25, 0.3) is 0 Å². The molecule has 2 fully saturated rings. The second-order valence-electron chi connectivity index (χ2n) is 10.1. The second kappa shape index (κ2) is 12.0.